The standard InChI is InChI=1S/C10H17NO3/c12-6-9-7-14-10(13)11(9)8-4-2-1-3-5-8/h8-9,12H,1-7H2. The van der Waals surface area contributed by atoms with Crippen molar-refractivity contribution in [3.05, 3.63) is 0 Å². The lowest BCUT2D eigenvalue weighted by Gasteiger charge is -2.32. The summed E-state index contributed by atoms with van der Waals surface area (Å²) in [5.41, 5.74) is 0. The van der Waals surface area contributed by atoms with Crippen molar-refractivity contribution in [2.24, 2.45) is 0 Å². The largest absolute Gasteiger partial charge is 0.447 e. The molecule has 0 aromatic rings. The lowest BCUT2D eigenvalue weighted by molar-refractivity contribution is 0.114. The van der Waals surface area contributed by atoms with Crippen LogP contribution in [0.1, 0.15) is 32.1 Å². The summed E-state index contributed by atoms with van der Waals surface area (Å²) in [4.78, 5) is 13.2. The Hall–Kier alpha value is -0.770. The summed E-state index contributed by atoms with van der Waals surface area (Å²) >= 11 is 0. The van der Waals surface area contributed by atoms with E-state index in [0.29, 0.717) is 12.6 Å². The van der Waals surface area contributed by atoms with Gasteiger partial charge in [-0.1, -0.05) is 19.3 Å². The van der Waals surface area contributed by atoms with E-state index in [1.807, 2.05) is 0 Å². The Morgan fingerprint density at radius 1 is 1.36 bits per heavy atom. The predicted molar refractivity (Wildman–Crippen MR) is 50.9 cm³/mol. The molecule has 0 bridgehead atoms. The van der Waals surface area contributed by atoms with Crippen LogP contribution in [0.15, 0.2) is 0 Å². The molecule has 2 aliphatic rings. The molecule has 1 unspecified atom stereocenters. The number of rotatable bonds is 2. The third-order valence-corrected chi connectivity index (χ3v) is 3.18. The van der Waals surface area contributed by atoms with E-state index in [0.717, 1.165) is 12.8 Å². The van der Waals surface area contributed by atoms with E-state index < -0.39 is 0 Å². The molecule has 4 heteroatoms. The minimum Gasteiger partial charge on any atom is -0.447 e. The number of ether oxygens (including phenoxy) is 1. The van der Waals surface area contributed by atoms with Crippen molar-refractivity contribution >= 4 is 6.09 Å². The fraction of sp³-hybridized carbons (Fsp3) is 0.900. The summed E-state index contributed by atoms with van der Waals surface area (Å²) in [6.45, 7) is 0.369. The number of aliphatic hydroxyl groups excluding tert-OH is 1. The summed E-state index contributed by atoms with van der Waals surface area (Å²) < 4.78 is 4.95. The number of nitrogens with zero attached hydrogens (tertiary/aromatic N) is 1. The van der Waals surface area contributed by atoms with Gasteiger partial charge in [0.1, 0.15) is 6.61 Å². The summed E-state index contributed by atoms with van der Waals surface area (Å²) in [7, 11) is 0. The number of aliphatic hydroxyl groups is 1. The first-order valence-corrected chi connectivity index (χ1v) is 5.39. The van der Waals surface area contributed by atoms with E-state index >= 15 is 0 Å². The van der Waals surface area contributed by atoms with Crippen LogP contribution in [0, 0.1) is 0 Å². The van der Waals surface area contributed by atoms with Crippen LogP contribution >= 0.6 is 0 Å². The summed E-state index contributed by atoms with van der Waals surface area (Å²) in [5.74, 6) is 0. The molecule has 0 aromatic heterocycles. The van der Waals surface area contributed by atoms with Gasteiger partial charge >= 0.3 is 6.09 Å². The van der Waals surface area contributed by atoms with Crippen LogP contribution in [-0.2, 0) is 4.74 Å². The van der Waals surface area contributed by atoms with Crippen LogP contribution in [0.25, 0.3) is 0 Å². The molecule has 1 aliphatic carbocycles. The maximum atomic E-state index is 11.4. The molecular weight excluding hydrogens is 182 g/mol. The Balaban J connectivity index is 2.01. The van der Waals surface area contributed by atoms with Crippen LogP contribution in [0.4, 0.5) is 4.79 Å². The van der Waals surface area contributed by atoms with Gasteiger partial charge in [-0.15, -0.1) is 0 Å². The lowest BCUT2D eigenvalue weighted by atomic mass is 9.94. The second-order valence-electron chi connectivity index (χ2n) is 4.11. The smallest absolute Gasteiger partial charge is 0.410 e. The molecule has 0 radical (unpaired) electrons. The van der Waals surface area contributed by atoms with Crippen molar-refractivity contribution in [3.8, 4) is 0 Å². The molecule has 1 saturated carbocycles. The van der Waals surface area contributed by atoms with Crippen molar-refractivity contribution in [3.63, 3.8) is 0 Å². The number of carbonyl (C=O) groups is 1. The highest BCUT2D eigenvalue weighted by Gasteiger charge is 2.37. The van der Waals surface area contributed by atoms with Crippen LogP contribution in [0.5, 0.6) is 0 Å². The van der Waals surface area contributed by atoms with Crippen molar-refractivity contribution in [1.29, 1.82) is 0 Å². The molecule has 14 heavy (non-hydrogen) atoms. The molecule has 1 aliphatic heterocycles. The maximum Gasteiger partial charge on any atom is 0.410 e. The quantitative estimate of drug-likeness (QED) is 0.725. The first kappa shape index (κ1) is 9.77. The third-order valence-electron chi connectivity index (χ3n) is 3.18. The first-order valence-electron chi connectivity index (χ1n) is 5.39. The van der Waals surface area contributed by atoms with Crippen LogP contribution < -0.4 is 0 Å². The highest BCUT2D eigenvalue weighted by Crippen LogP contribution is 2.27. The van der Waals surface area contributed by atoms with E-state index in [4.69, 9.17) is 9.84 Å². The summed E-state index contributed by atoms with van der Waals surface area (Å²) in [6, 6.07) is 0.196. The second-order valence-corrected chi connectivity index (χ2v) is 4.11. The van der Waals surface area contributed by atoms with Crippen LogP contribution in [0.3, 0.4) is 0 Å². The Kier molecular flexibility index (Phi) is 2.91. The fourth-order valence-corrected chi connectivity index (χ4v) is 2.42. The average molecular weight is 199 g/mol. The molecule has 0 aromatic carbocycles. The molecule has 1 N–H and O–H groups in total. The van der Waals surface area contributed by atoms with E-state index in [1.165, 1.54) is 19.3 Å². The zero-order valence-electron chi connectivity index (χ0n) is 8.32. The number of amides is 1. The minimum atomic E-state index is -0.240. The van der Waals surface area contributed by atoms with E-state index in [9.17, 15) is 4.79 Å². The second kappa shape index (κ2) is 4.17. The van der Waals surface area contributed by atoms with Gasteiger partial charge in [0, 0.05) is 6.04 Å². The Bertz CT molecular complexity index is 213. The van der Waals surface area contributed by atoms with Gasteiger partial charge in [0.2, 0.25) is 0 Å². The molecule has 1 saturated heterocycles. The zero-order chi connectivity index (χ0) is 9.97. The Morgan fingerprint density at radius 2 is 2.07 bits per heavy atom. The van der Waals surface area contributed by atoms with Crippen molar-refractivity contribution in [2.45, 2.75) is 44.2 Å². The van der Waals surface area contributed by atoms with E-state index in [1.54, 1.807) is 4.90 Å². The molecule has 1 atom stereocenters. The molecule has 80 valence electrons. The monoisotopic (exact) mass is 199 g/mol. The molecule has 1 amide bonds. The van der Waals surface area contributed by atoms with Gasteiger partial charge in [-0.3, -0.25) is 4.90 Å². The Labute approximate surface area is 83.8 Å². The molecule has 2 rings (SSSR count). The highest BCUT2D eigenvalue weighted by atomic mass is 16.6. The molecule has 0 spiro atoms. The predicted octanol–water partition coefficient (Wildman–Crippen LogP) is 1.13. The van der Waals surface area contributed by atoms with Crippen molar-refractivity contribution < 1.29 is 14.6 Å². The van der Waals surface area contributed by atoms with Gasteiger partial charge in [-0.25, -0.2) is 4.79 Å². The summed E-state index contributed by atoms with van der Waals surface area (Å²) in [6.07, 6.45) is 5.52. The Morgan fingerprint density at radius 3 is 2.71 bits per heavy atom. The van der Waals surface area contributed by atoms with Crippen molar-refractivity contribution in [2.75, 3.05) is 13.2 Å². The molecule has 2 fully saturated rings. The number of hydrogen-bond acceptors (Lipinski definition) is 3. The van der Waals surface area contributed by atoms with Gasteiger partial charge in [0.05, 0.1) is 12.6 Å². The zero-order valence-corrected chi connectivity index (χ0v) is 8.32. The van der Waals surface area contributed by atoms with E-state index in [2.05, 4.69) is 0 Å². The topological polar surface area (TPSA) is 49.8 Å². The SMILES string of the molecule is O=C1OCC(CO)N1C1CCCCC1. The number of hydrogen-bond donors (Lipinski definition) is 1. The molecular formula is C10H17NO3. The molecule has 4 nitrogen and oxygen atoms in total. The average Bonchev–Trinajstić information content (AvgIpc) is 2.61. The van der Waals surface area contributed by atoms with Crippen LogP contribution in [0.2, 0.25) is 0 Å². The molecule has 1 heterocycles. The number of cyclic esters (lactones) is 1. The third kappa shape index (κ3) is 1.71. The lowest BCUT2D eigenvalue weighted by Crippen LogP contribution is -2.44. The van der Waals surface area contributed by atoms with Gasteiger partial charge in [-0.05, 0) is 12.8 Å². The normalized spacial score (nSPS) is 29.4. The minimum absolute atomic E-state index is 0.0161. The van der Waals surface area contributed by atoms with Gasteiger partial charge in [0.15, 0.2) is 0 Å². The van der Waals surface area contributed by atoms with E-state index in [-0.39, 0.29) is 18.7 Å². The maximum absolute atomic E-state index is 11.4. The van der Waals surface area contributed by atoms with Gasteiger partial charge in [-0.2, -0.15) is 0 Å². The van der Waals surface area contributed by atoms with Crippen molar-refractivity contribution in [1.82, 2.24) is 4.90 Å². The van der Waals surface area contributed by atoms with Gasteiger partial charge in [0.25, 0.3) is 0 Å². The van der Waals surface area contributed by atoms with Gasteiger partial charge < -0.3 is 9.84 Å². The first-order chi connectivity index (χ1) is 6.83. The fourth-order valence-electron chi connectivity index (χ4n) is 2.42. The summed E-state index contributed by atoms with van der Waals surface area (Å²) in [5, 5.41) is 9.11. The number of carbonyl (C=O) groups excluding carboxylic acids is 1. The highest BCUT2D eigenvalue weighted by molar-refractivity contribution is 5.70. The van der Waals surface area contributed by atoms with Crippen LogP contribution in [-0.4, -0.2) is 41.4 Å².